The molecule has 0 fully saturated rings. The summed E-state index contributed by atoms with van der Waals surface area (Å²) in [7, 11) is 0. The van der Waals surface area contributed by atoms with Crippen LogP contribution in [-0.4, -0.2) is 15.1 Å². The molecular weight excluding hydrogens is 878 g/mol. The molecule has 0 aliphatic heterocycles. The Bertz CT molecular complexity index is 2810. The van der Waals surface area contributed by atoms with Crippen LogP contribution < -0.4 is 4.90 Å². The smallest absolute Gasteiger partial charge is 0.136 e. The first kappa shape index (κ1) is 37.3. The van der Waals surface area contributed by atoms with Gasteiger partial charge in [0.25, 0.3) is 0 Å². The quantitative estimate of drug-likeness (QED) is 0.154. The van der Waals surface area contributed by atoms with Crippen LogP contribution in [0, 0.1) is 19.9 Å². The Labute approximate surface area is 348 Å². The third-order valence-corrected chi connectivity index (χ3v) is 10.4. The number of anilines is 3. The summed E-state index contributed by atoms with van der Waals surface area (Å²) >= 11 is 0. The van der Waals surface area contributed by atoms with Crippen molar-refractivity contribution < 1.29 is 26.2 Å². The Balaban J connectivity index is 0.00000455. The fourth-order valence-electron chi connectivity index (χ4n) is 7.64. The molecule has 0 aliphatic rings. The fourth-order valence-corrected chi connectivity index (χ4v) is 7.64. The van der Waals surface area contributed by atoms with E-state index in [9.17, 15) is 5.11 Å². The molecule has 5 heteroatoms. The maximum Gasteiger partial charge on any atom is 0.136 e. The number of hydrogen-bond acceptors (Lipinski definition) is 4. The van der Waals surface area contributed by atoms with Gasteiger partial charge in [0.1, 0.15) is 11.6 Å². The van der Waals surface area contributed by atoms with E-state index in [1.807, 2.05) is 48.7 Å². The van der Waals surface area contributed by atoms with Crippen molar-refractivity contribution in [2.75, 3.05) is 4.90 Å². The van der Waals surface area contributed by atoms with Gasteiger partial charge in [0, 0.05) is 38.2 Å². The molecule has 2 aromatic heterocycles. The van der Waals surface area contributed by atoms with Crippen LogP contribution in [0.5, 0.6) is 5.75 Å². The normalized spacial score (nSPS) is 10.9. The molecule has 9 rings (SSSR count). The molecule has 0 bridgehead atoms. The number of phenolic OH excluding ortho intramolecular Hbond substituents is 1. The van der Waals surface area contributed by atoms with Crippen LogP contribution >= 0.6 is 0 Å². The maximum atomic E-state index is 11.1. The van der Waals surface area contributed by atoms with Crippen molar-refractivity contribution in [1.29, 1.82) is 0 Å². The van der Waals surface area contributed by atoms with Gasteiger partial charge in [0.2, 0.25) is 0 Å². The summed E-state index contributed by atoms with van der Waals surface area (Å²) in [6.07, 6.45) is 1.83. The van der Waals surface area contributed by atoms with Crippen molar-refractivity contribution in [2.24, 2.45) is 0 Å². The number of hydrogen-bond donors (Lipinski definition) is 1. The Morgan fingerprint density at radius 2 is 1.16 bits per heavy atom. The van der Waals surface area contributed by atoms with Gasteiger partial charge in [0.15, 0.2) is 0 Å². The summed E-state index contributed by atoms with van der Waals surface area (Å²) in [5.74, 6) is 0.952. The van der Waals surface area contributed by atoms with E-state index in [1.165, 1.54) is 16.7 Å². The van der Waals surface area contributed by atoms with Gasteiger partial charge in [-0.1, -0.05) is 139 Å². The minimum atomic E-state index is 0. The van der Waals surface area contributed by atoms with Crippen LogP contribution in [0.2, 0.25) is 0 Å². The third-order valence-electron chi connectivity index (χ3n) is 10.4. The first-order valence-electron chi connectivity index (χ1n) is 18.8. The molecule has 0 saturated heterocycles. The SMILES string of the molecule is Cc1cccc(C)c1-c1cc(-c2[c-]c(N(c3ccccn3)c3cccc4ccccc34)cc(-c3ccc(-c4ccccc4)cc3)c2)nc(-c2ccccc2O)c1.[Pt]. The van der Waals surface area contributed by atoms with Gasteiger partial charge in [-0.25, -0.2) is 4.98 Å². The summed E-state index contributed by atoms with van der Waals surface area (Å²) in [5.41, 5.74) is 13.6. The van der Waals surface area contributed by atoms with Gasteiger partial charge in [0.05, 0.1) is 11.4 Å². The standard InChI is InChI=1S/C52H38N3O.Pt/c1-35-14-12-15-36(2)52(35)43-33-47(54-48(34-43)46-21-8-9-23-50(46)56)42-30-41(39-27-25-38(26-28-39)37-16-4-3-5-17-37)31-44(32-42)55(51-24-10-11-29-53-51)49-22-13-19-40-18-6-7-20-45(40)49;/h3-31,33-34,56H,1-2H3;/q-1;. The maximum absolute atomic E-state index is 11.1. The van der Waals surface area contributed by atoms with Crippen LogP contribution in [-0.2, 0) is 21.1 Å². The molecule has 1 N–H and O–H groups in total. The summed E-state index contributed by atoms with van der Waals surface area (Å²) in [6, 6.07) is 66.1. The summed E-state index contributed by atoms with van der Waals surface area (Å²) in [6.45, 7) is 4.28. The monoisotopic (exact) mass is 915 g/mol. The molecular formula is C52H38N3OPt-. The summed E-state index contributed by atoms with van der Waals surface area (Å²) in [5, 5.41) is 13.3. The molecule has 278 valence electrons. The molecule has 0 atom stereocenters. The van der Waals surface area contributed by atoms with Crippen LogP contribution in [0.15, 0.2) is 188 Å². The number of phenols is 1. The van der Waals surface area contributed by atoms with Crippen molar-refractivity contribution in [3.63, 3.8) is 0 Å². The average Bonchev–Trinajstić information content (AvgIpc) is 3.24. The first-order valence-corrected chi connectivity index (χ1v) is 18.8. The number of aromatic nitrogens is 2. The van der Waals surface area contributed by atoms with Crippen LogP contribution in [0.25, 0.3) is 66.7 Å². The minimum Gasteiger partial charge on any atom is -0.507 e. The molecule has 7 aromatic carbocycles. The second-order valence-corrected chi connectivity index (χ2v) is 14.0. The third kappa shape index (κ3) is 7.53. The van der Waals surface area contributed by atoms with Crippen LogP contribution in [0.4, 0.5) is 17.2 Å². The second kappa shape index (κ2) is 16.2. The average molecular weight is 916 g/mol. The fraction of sp³-hybridized carbons (Fsp3) is 0.0385. The van der Waals surface area contributed by atoms with Crippen molar-refractivity contribution in [1.82, 2.24) is 9.97 Å². The number of nitrogens with zero attached hydrogens (tertiary/aromatic N) is 3. The minimum absolute atomic E-state index is 0. The van der Waals surface area contributed by atoms with Crippen molar-refractivity contribution >= 4 is 28.0 Å². The van der Waals surface area contributed by atoms with E-state index >= 15 is 0 Å². The first-order chi connectivity index (χ1) is 27.5. The number of rotatable bonds is 8. The van der Waals surface area contributed by atoms with Gasteiger partial charge in [-0.15, -0.1) is 23.8 Å². The molecule has 0 spiro atoms. The molecule has 9 aromatic rings. The van der Waals surface area contributed by atoms with Crippen molar-refractivity contribution in [2.45, 2.75) is 13.8 Å². The number of aryl methyl sites for hydroxylation is 2. The number of benzene rings is 7. The topological polar surface area (TPSA) is 49.2 Å². The predicted molar refractivity (Wildman–Crippen MR) is 231 cm³/mol. The van der Waals surface area contributed by atoms with E-state index in [2.05, 4.69) is 158 Å². The Kier molecular flexibility index (Phi) is 10.6. The molecule has 0 unspecified atom stereocenters. The zero-order valence-electron chi connectivity index (χ0n) is 31.5. The van der Waals surface area contributed by atoms with Gasteiger partial charge in [-0.2, -0.15) is 0 Å². The number of aromatic hydroxyl groups is 1. The van der Waals surface area contributed by atoms with E-state index in [-0.39, 0.29) is 26.8 Å². The molecule has 2 heterocycles. The van der Waals surface area contributed by atoms with Gasteiger partial charge >= 0.3 is 0 Å². The number of fused-ring (bicyclic) bond motifs is 1. The number of pyridine rings is 2. The zero-order chi connectivity index (χ0) is 38.0. The molecule has 57 heavy (non-hydrogen) atoms. The molecule has 0 radical (unpaired) electrons. The van der Waals surface area contributed by atoms with Gasteiger partial charge < -0.3 is 10.0 Å². The van der Waals surface area contributed by atoms with Crippen molar-refractivity contribution in [3.8, 4) is 61.6 Å². The van der Waals surface area contributed by atoms with Gasteiger partial charge in [-0.3, -0.25) is 4.98 Å². The predicted octanol–water partition coefficient (Wildman–Crippen LogP) is 13.6. The molecule has 0 amide bonds. The molecule has 0 aliphatic carbocycles. The Hall–Kier alpha value is -6.61. The van der Waals surface area contributed by atoms with E-state index in [0.29, 0.717) is 11.3 Å². The van der Waals surface area contributed by atoms with Crippen LogP contribution in [0.3, 0.4) is 0 Å². The largest absolute Gasteiger partial charge is 0.507 e. The zero-order valence-corrected chi connectivity index (χ0v) is 33.8. The van der Waals surface area contributed by atoms with Crippen LogP contribution in [0.1, 0.15) is 11.1 Å². The van der Waals surface area contributed by atoms with Crippen molar-refractivity contribution in [3.05, 3.63) is 205 Å². The van der Waals surface area contributed by atoms with Gasteiger partial charge in [-0.05, 0) is 106 Å². The molecule has 0 saturated carbocycles. The molecule has 4 nitrogen and oxygen atoms in total. The second-order valence-electron chi connectivity index (χ2n) is 14.0. The van der Waals surface area contributed by atoms with E-state index in [1.54, 1.807) is 6.07 Å². The van der Waals surface area contributed by atoms with E-state index < -0.39 is 0 Å². The summed E-state index contributed by atoms with van der Waals surface area (Å²) < 4.78 is 0. The van der Waals surface area contributed by atoms with E-state index in [0.717, 1.165) is 67.0 Å². The Morgan fingerprint density at radius 3 is 1.91 bits per heavy atom. The number of para-hydroxylation sites is 1. The Morgan fingerprint density at radius 1 is 0.526 bits per heavy atom. The van der Waals surface area contributed by atoms with E-state index in [4.69, 9.17) is 9.97 Å². The summed E-state index contributed by atoms with van der Waals surface area (Å²) in [4.78, 5) is 12.4.